The van der Waals surface area contributed by atoms with Crippen LogP contribution < -0.4 is 5.32 Å². The zero-order chi connectivity index (χ0) is 15.1. The van der Waals surface area contributed by atoms with Crippen molar-refractivity contribution in [3.63, 3.8) is 0 Å². The number of aliphatic hydroxyl groups excluding tert-OH is 1. The van der Waals surface area contributed by atoms with Gasteiger partial charge in [0, 0.05) is 19.6 Å². The zero-order valence-electron chi connectivity index (χ0n) is 12.4. The summed E-state index contributed by atoms with van der Waals surface area (Å²) in [5.41, 5.74) is 1.07. The molecule has 1 aliphatic carbocycles. The second-order valence-corrected chi connectivity index (χ2v) is 6.33. The number of amides is 2. The first-order chi connectivity index (χ1) is 10.2. The molecule has 0 aliphatic heterocycles. The minimum Gasteiger partial charge on any atom is -0.384 e. The topological polar surface area (TPSA) is 52.6 Å². The highest BCUT2D eigenvalue weighted by atomic mass is 32.1. The van der Waals surface area contributed by atoms with Gasteiger partial charge < -0.3 is 15.3 Å². The van der Waals surface area contributed by atoms with E-state index in [-0.39, 0.29) is 12.6 Å². The van der Waals surface area contributed by atoms with Gasteiger partial charge >= 0.3 is 6.03 Å². The Morgan fingerprint density at radius 1 is 1.48 bits per heavy atom. The van der Waals surface area contributed by atoms with Crippen LogP contribution in [0.15, 0.2) is 11.4 Å². The number of carbonyl (C=O) groups excluding carboxylic acids is 1. The lowest BCUT2D eigenvalue weighted by atomic mass is 9.96. The molecule has 21 heavy (non-hydrogen) atoms. The molecule has 2 rings (SSSR count). The molecule has 1 aromatic rings. The van der Waals surface area contributed by atoms with E-state index in [1.54, 1.807) is 4.90 Å². The Bertz CT molecular complexity index is 524. The van der Waals surface area contributed by atoms with E-state index in [1.807, 2.05) is 18.5 Å². The van der Waals surface area contributed by atoms with Gasteiger partial charge in [-0.1, -0.05) is 31.1 Å². The van der Waals surface area contributed by atoms with Crippen molar-refractivity contribution >= 4 is 17.4 Å². The zero-order valence-corrected chi connectivity index (χ0v) is 13.2. The van der Waals surface area contributed by atoms with Gasteiger partial charge in [-0.15, -0.1) is 11.3 Å². The van der Waals surface area contributed by atoms with Crippen molar-refractivity contribution in [1.82, 2.24) is 10.2 Å². The number of thiophene rings is 1. The van der Waals surface area contributed by atoms with Crippen molar-refractivity contribution in [1.29, 1.82) is 0 Å². The summed E-state index contributed by atoms with van der Waals surface area (Å²) in [5.74, 6) is 5.51. The SMILES string of the molecule is CN(Cc1csc(C#CCO)c1)C(=O)NC1CCCCC1. The van der Waals surface area contributed by atoms with E-state index in [0.717, 1.165) is 23.3 Å². The lowest BCUT2D eigenvalue weighted by Gasteiger charge is -2.26. The van der Waals surface area contributed by atoms with Crippen molar-refractivity contribution in [2.45, 2.75) is 44.7 Å². The van der Waals surface area contributed by atoms with Crippen LogP contribution in [0.25, 0.3) is 0 Å². The largest absolute Gasteiger partial charge is 0.384 e. The van der Waals surface area contributed by atoms with Gasteiger partial charge in [-0.3, -0.25) is 0 Å². The minimum absolute atomic E-state index is 0.00362. The highest BCUT2D eigenvalue weighted by Crippen LogP contribution is 2.18. The Balaban J connectivity index is 1.83. The summed E-state index contributed by atoms with van der Waals surface area (Å²) in [4.78, 5) is 14.8. The van der Waals surface area contributed by atoms with Gasteiger partial charge in [-0.05, 0) is 29.9 Å². The van der Waals surface area contributed by atoms with Crippen LogP contribution >= 0.6 is 11.3 Å². The molecule has 0 aromatic carbocycles. The number of rotatable bonds is 3. The molecule has 1 aromatic heterocycles. The minimum atomic E-state index is -0.128. The fourth-order valence-electron chi connectivity index (χ4n) is 2.53. The van der Waals surface area contributed by atoms with Crippen LogP contribution in [0.5, 0.6) is 0 Å². The molecule has 0 bridgehead atoms. The first-order valence-electron chi connectivity index (χ1n) is 7.38. The van der Waals surface area contributed by atoms with Crippen molar-refractivity contribution in [3.8, 4) is 11.8 Å². The number of aliphatic hydroxyl groups is 1. The second kappa shape index (κ2) is 8.06. The number of hydrogen-bond donors (Lipinski definition) is 2. The maximum atomic E-state index is 12.2. The van der Waals surface area contributed by atoms with Crippen LogP contribution in [0.4, 0.5) is 4.79 Å². The van der Waals surface area contributed by atoms with Crippen molar-refractivity contribution in [2.24, 2.45) is 0 Å². The van der Waals surface area contributed by atoms with E-state index in [1.165, 1.54) is 30.6 Å². The molecule has 1 heterocycles. The fraction of sp³-hybridized carbons (Fsp3) is 0.562. The van der Waals surface area contributed by atoms with Crippen LogP contribution in [0, 0.1) is 11.8 Å². The Morgan fingerprint density at radius 3 is 2.95 bits per heavy atom. The van der Waals surface area contributed by atoms with Crippen LogP contribution in [0.1, 0.15) is 42.5 Å². The van der Waals surface area contributed by atoms with Gasteiger partial charge in [0.15, 0.2) is 0 Å². The third kappa shape index (κ3) is 5.07. The second-order valence-electron chi connectivity index (χ2n) is 5.42. The molecule has 2 N–H and O–H groups in total. The number of nitrogens with zero attached hydrogens (tertiary/aromatic N) is 1. The van der Waals surface area contributed by atoms with Crippen LogP contribution in [0.2, 0.25) is 0 Å². The molecule has 5 heteroatoms. The lowest BCUT2D eigenvalue weighted by Crippen LogP contribution is -2.43. The molecule has 0 spiro atoms. The lowest BCUT2D eigenvalue weighted by molar-refractivity contribution is 0.198. The van der Waals surface area contributed by atoms with Crippen LogP contribution in [-0.4, -0.2) is 35.7 Å². The van der Waals surface area contributed by atoms with E-state index >= 15 is 0 Å². The summed E-state index contributed by atoms with van der Waals surface area (Å²) < 4.78 is 0. The maximum absolute atomic E-state index is 12.2. The van der Waals surface area contributed by atoms with E-state index < -0.39 is 0 Å². The molecule has 0 saturated heterocycles. The molecule has 114 valence electrons. The molecule has 0 atom stereocenters. The summed E-state index contributed by atoms with van der Waals surface area (Å²) in [6.07, 6.45) is 5.91. The van der Waals surface area contributed by atoms with Crippen LogP contribution in [0.3, 0.4) is 0 Å². The molecule has 0 radical (unpaired) electrons. The van der Waals surface area contributed by atoms with Gasteiger partial charge in [0.1, 0.15) is 6.61 Å². The third-order valence-electron chi connectivity index (χ3n) is 3.64. The standard InChI is InChI=1S/C16H22N2O2S/c1-18(16(20)17-14-6-3-2-4-7-14)11-13-10-15(21-12-13)8-5-9-19/h10,12,14,19H,2-4,6-7,9,11H2,1H3,(H,17,20). The van der Waals surface area contributed by atoms with Gasteiger partial charge in [-0.25, -0.2) is 4.79 Å². The first kappa shape index (κ1) is 15.9. The van der Waals surface area contributed by atoms with Crippen LogP contribution in [-0.2, 0) is 6.54 Å². The first-order valence-corrected chi connectivity index (χ1v) is 8.26. The molecular weight excluding hydrogens is 284 g/mol. The summed E-state index contributed by atoms with van der Waals surface area (Å²) >= 11 is 1.54. The van der Waals surface area contributed by atoms with Gasteiger partial charge in [0.25, 0.3) is 0 Å². The van der Waals surface area contributed by atoms with E-state index in [0.29, 0.717) is 12.6 Å². The molecule has 0 unspecified atom stereocenters. The number of nitrogens with one attached hydrogen (secondary N) is 1. The van der Waals surface area contributed by atoms with E-state index in [9.17, 15) is 4.79 Å². The van der Waals surface area contributed by atoms with Crippen molar-refractivity contribution < 1.29 is 9.90 Å². The smallest absolute Gasteiger partial charge is 0.317 e. The molecule has 1 aliphatic rings. The fourth-order valence-corrected chi connectivity index (χ4v) is 3.30. The predicted molar refractivity (Wildman–Crippen MR) is 85.2 cm³/mol. The van der Waals surface area contributed by atoms with Crippen molar-refractivity contribution in [2.75, 3.05) is 13.7 Å². The summed E-state index contributed by atoms with van der Waals surface area (Å²) in [7, 11) is 1.81. The number of hydrogen-bond acceptors (Lipinski definition) is 3. The Labute approximate surface area is 130 Å². The molecule has 1 fully saturated rings. The van der Waals surface area contributed by atoms with E-state index in [4.69, 9.17) is 5.11 Å². The highest BCUT2D eigenvalue weighted by molar-refractivity contribution is 7.10. The summed E-state index contributed by atoms with van der Waals surface area (Å²) in [5, 5.41) is 13.8. The maximum Gasteiger partial charge on any atom is 0.317 e. The molecule has 2 amide bonds. The summed E-state index contributed by atoms with van der Waals surface area (Å²) in [6.45, 7) is 0.451. The average molecular weight is 306 g/mol. The van der Waals surface area contributed by atoms with Gasteiger partial charge in [0.05, 0.1) is 4.88 Å². The monoisotopic (exact) mass is 306 g/mol. The molecule has 1 saturated carbocycles. The number of carbonyl (C=O) groups is 1. The molecular formula is C16H22N2O2S. The summed E-state index contributed by atoms with van der Waals surface area (Å²) in [6, 6.07) is 2.30. The molecule has 4 nitrogen and oxygen atoms in total. The predicted octanol–water partition coefficient (Wildman–Crippen LogP) is 2.57. The van der Waals surface area contributed by atoms with Gasteiger partial charge in [-0.2, -0.15) is 0 Å². The third-order valence-corrected chi connectivity index (χ3v) is 4.54. The Morgan fingerprint density at radius 2 is 2.24 bits per heavy atom. The average Bonchev–Trinajstić information content (AvgIpc) is 2.93. The quantitative estimate of drug-likeness (QED) is 0.843. The van der Waals surface area contributed by atoms with Gasteiger partial charge in [0.2, 0.25) is 0 Å². The Hall–Kier alpha value is -1.51. The highest BCUT2D eigenvalue weighted by Gasteiger charge is 2.18. The number of urea groups is 1. The normalized spacial score (nSPS) is 15.1. The Kier molecular flexibility index (Phi) is 6.09. The van der Waals surface area contributed by atoms with Crippen molar-refractivity contribution in [3.05, 3.63) is 21.9 Å². The van der Waals surface area contributed by atoms with E-state index in [2.05, 4.69) is 17.2 Å².